The van der Waals surface area contributed by atoms with Gasteiger partial charge in [-0.1, -0.05) is 13.8 Å². The molecule has 0 aromatic heterocycles. The maximum atomic E-state index is 9.53. The average molecular weight is 185 g/mol. The standard InChI is InChI=1S/C11H23NO/c1-9(2)5-4-8-12-10-6-3-7-11(10)13/h9-13H,3-8H2,1-2H3/t10-,11-/m1/s1. The van der Waals surface area contributed by atoms with Gasteiger partial charge in [0, 0.05) is 6.04 Å². The van der Waals surface area contributed by atoms with Gasteiger partial charge in [0.05, 0.1) is 6.10 Å². The fourth-order valence-corrected chi connectivity index (χ4v) is 1.98. The molecule has 0 aromatic rings. The normalized spacial score (nSPS) is 28.6. The van der Waals surface area contributed by atoms with Gasteiger partial charge in [-0.05, 0) is 44.6 Å². The van der Waals surface area contributed by atoms with Crippen LogP contribution in [0.15, 0.2) is 0 Å². The van der Waals surface area contributed by atoms with E-state index in [1.165, 1.54) is 19.3 Å². The fourth-order valence-electron chi connectivity index (χ4n) is 1.98. The molecule has 0 saturated heterocycles. The van der Waals surface area contributed by atoms with Crippen LogP contribution in [0.1, 0.15) is 46.0 Å². The Hall–Kier alpha value is -0.0800. The fraction of sp³-hybridized carbons (Fsp3) is 1.00. The Labute approximate surface area is 81.7 Å². The van der Waals surface area contributed by atoms with E-state index in [-0.39, 0.29) is 6.10 Å². The molecule has 0 spiro atoms. The predicted molar refractivity (Wildman–Crippen MR) is 55.7 cm³/mol. The zero-order chi connectivity index (χ0) is 9.68. The molecule has 78 valence electrons. The molecule has 1 saturated carbocycles. The van der Waals surface area contributed by atoms with Crippen molar-refractivity contribution in [3.8, 4) is 0 Å². The smallest absolute Gasteiger partial charge is 0.0693 e. The molecule has 2 nitrogen and oxygen atoms in total. The topological polar surface area (TPSA) is 32.3 Å². The first-order valence-electron chi connectivity index (χ1n) is 5.61. The minimum absolute atomic E-state index is 0.0842. The molecule has 0 unspecified atom stereocenters. The van der Waals surface area contributed by atoms with Crippen LogP contribution in [0, 0.1) is 5.92 Å². The van der Waals surface area contributed by atoms with Crippen molar-refractivity contribution in [2.75, 3.05) is 6.54 Å². The zero-order valence-corrected chi connectivity index (χ0v) is 8.92. The van der Waals surface area contributed by atoms with E-state index in [1.807, 2.05) is 0 Å². The number of nitrogens with one attached hydrogen (secondary N) is 1. The molecule has 0 aromatic carbocycles. The highest BCUT2D eigenvalue weighted by molar-refractivity contribution is 4.82. The van der Waals surface area contributed by atoms with E-state index in [2.05, 4.69) is 19.2 Å². The quantitative estimate of drug-likeness (QED) is 0.641. The molecule has 1 aliphatic rings. The first-order valence-corrected chi connectivity index (χ1v) is 5.61. The third-order valence-corrected chi connectivity index (χ3v) is 2.84. The summed E-state index contributed by atoms with van der Waals surface area (Å²) < 4.78 is 0. The number of hydrogen-bond donors (Lipinski definition) is 2. The Bertz CT molecular complexity index is 136. The molecule has 1 fully saturated rings. The van der Waals surface area contributed by atoms with Crippen LogP contribution < -0.4 is 5.32 Å². The summed E-state index contributed by atoms with van der Waals surface area (Å²) in [5.41, 5.74) is 0. The first kappa shape index (κ1) is 11.0. The molecule has 0 heterocycles. The third-order valence-electron chi connectivity index (χ3n) is 2.84. The van der Waals surface area contributed by atoms with E-state index in [0.717, 1.165) is 25.3 Å². The van der Waals surface area contributed by atoms with Gasteiger partial charge < -0.3 is 10.4 Å². The maximum Gasteiger partial charge on any atom is 0.0693 e. The number of aliphatic hydroxyl groups is 1. The van der Waals surface area contributed by atoms with Crippen LogP contribution in [-0.4, -0.2) is 23.8 Å². The lowest BCUT2D eigenvalue weighted by atomic mass is 10.1. The third kappa shape index (κ3) is 4.10. The largest absolute Gasteiger partial charge is 0.392 e. The van der Waals surface area contributed by atoms with Gasteiger partial charge in [0.1, 0.15) is 0 Å². The first-order chi connectivity index (χ1) is 6.20. The van der Waals surface area contributed by atoms with Crippen molar-refractivity contribution in [3.63, 3.8) is 0 Å². The molecule has 0 bridgehead atoms. The Morgan fingerprint density at radius 2 is 2.15 bits per heavy atom. The maximum absolute atomic E-state index is 9.53. The summed E-state index contributed by atoms with van der Waals surface area (Å²) in [6.07, 6.45) is 5.77. The van der Waals surface area contributed by atoms with Gasteiger partial charge in [0.15, 0.2) is 0 Å². The molecule has 2 heteroatoms. The second-order valence-corrected chi connectivity index (χ2v) is 4.59. The van der Waals surface area contributed by atoms with Crippen LogP contribution in [0.4, 0.5) is 0 Å². The Balaban J connectivity index is 1.99. The highest BCUT2D eigenvalue weighted by Gasteiger charge is 2.23. The van der Waals surface area contributed by atoms with Gasteiger partial charge in [-0.2, -0.15) is 0 Å². The van der Waals surface area contributed by atoms with Crippen molar-refractivity contribution in [3.05, 3.63) is 0 Å². The molecule has 0 amide bonds. The molecule has 2 atom stereocenters. The van der Waals surface area contributed by atoms with Crippen LogP contribution in [-0.2, 0) is 0 Å². The van der Waals surface area contributed by atoms with Crippen molar-refractivity contribution < 1.29 is 5.11 Å². The summed E-state index contributed by atoms with van der Waals surface area (Å²) in [5.74, 6) is 0.801. The molecule has 1 rings (SSSR count). The Kier molecular flexibility index (Phi) is 4.74. The van der Waals surface area contributed by atoms with Crippen LogP contribution >= 0.6 is 0 Å². The minimum Gasteiger partial charge on any atom is -0.392 e. The Morgan fingerprint density at radius 3 is 2.69 bits per heavy atom. The van der Waals surface area contributed by atoms with E-state index in [4.69, 9.17) is 0 Å². The monoisotopic (exact) mass is 185 g/mol. The molecule has 0 radical (unpaired) electrons. The van der Waals surface area contributed by atoms with Gasteiger partial charge in [0.25, 0.3) is 0 Å². The van der Waals surface area contributed by atoms with Crippen molar-refractivity contribution >= 4 is 0 Å². The van der Waals surface area contributed by atoms with Gasteiger partial charge in [0.2, 0.25) is 0 Å². The average Bonchev–Trinajstić information content (AvgIpc) is 2.45. The van der Waals surface area contributed by atoms with Crippen LogP contribution in [0.5, 0.6) is 0 Å². The van der Waals surface area contributed by atoms with E-state index in [0.29, 0.717) is 6.04 Å². The summed E-state index contributed by atoms with van der Waals surface area (Å²) in [5, 5.41) is 13.0. The van der Waals surface area contributed by atoms with Crippen molar-refractivity contribution in [2.45, 2.75) is 58.1 Å². The molecule has 2 N–H and O–H groups in total. The summed E-state index contributed by atoms with van der Waals surface area (Å²) in [4.78, 5) is 0. The van der Waals surface area contributed by atoms with Crippen molar-refractivity contribution in [1.82, 2.24) is 5.32 Å². The molecule has 1 aliphatic carbocycles. The summed E-state index contributed by atoms with van der Waals surface area (Å²) in [6, 6.07) is 0.382. The van der Waals surface area contributed by atoms with Crippen molar-refractivity contribution in [2.24, 2.45) is 5.92 Å². The van der Waals surface area contributed by atoms with Crippen LogP contribution in [0.3, 0.4) is 0 Å². The predicted octanol–water partition coefficient (Wildman–Crippen LogP) is 1.93. The van der Waals surface area contributed by atoms with E-state index in [9.17, 15) is 5.11 Å². The molecular formula is C11H23NO. The van der Waals surface area contributed by atoms with E-state index >= 15 is 0 Å². The lowest BCUT2D eigenvalue weighted by Gasteiger charge is -2.16. The summed E-state index contributed by atoms with van der Waals surface area (Å²) in [6.45, 7) is 5.58. The van der Waals surface area contributed by atoms with Crippen molar-refractivity contribution in [1.29, 1.82) is 0 Å². The SMILES string of the molecule is CC(C)CCCN[C@@H]1CCC[C@H]1O. The number of rotatable bonds is 5. The van der Waals surface area contributed by atoms with E-state index < -0.39 is 0 Å². The highest BCUT2D eigenvalue weighted by Crippen LogP contribution is 2.18. The highest BCUT2D eigenvalue weighted by atomic mass is 16.3. The Morgan fingerprint density at radius 1 is 1.38 bits per heavy atom. The van der Waals surface area contributed by atoms with Gasteiger partial charge in [-0.3, -0.25) is 0 Å². The second-order valence-electron chi connectivity index (χ2n) is 4.59. The lowest BCUT2D eigenvalue weighted by molar-refractivity contribution is 0.149. The summed E-state index contributed by atoms with van der Waals surface area (Å²) >= 11 is 0. The van der Waals surface area contributed by atoms with Gasteiger partial charge in [-0.25, -0.2) is 0 Å². The number of hydrogen-bond acceptors (Lipinski definition) is 2. The molecule has 0 aliphatic heterocycles. The lowest BCUT2D eigenvalue weighted by Crippen LogP contribution is -2.36. The van der Waals surface area contributed by atoms with Crippen LogP contribution in [0.25, 0.3) is 0 Å². The summed E-state index contributed by atoms with van der Waals surface area (Å²) in [7, 11) is 0. The zero-order valence-electron chi connectivity index (χ0n) is 8.92. The van der Waals surface area contributed by atoms with E-state index in [1.54, 1.807) is 0 Å². The molecule has 13 heavy (non-hydrogen) atoms. The number of aliphatic hydroxyl groups excluding tert-OH is 1. The minimum atomic E-state index is -0.0842. The van der Waals surface area contributed by atoms with Gasteiger partial charge in [-0.15, -0.1) is 0 Å². The second kappa shape index (κ2) is 5.61. The van der Waals surface area contributed by atoms with Crippen LogP contribution in [0.2, 0.25) is 0 Å². The molecular weight excluding hydrogens is 162 g/mol. The van der Waals surface area contributed by atoms with Gasteiger partial charge >= 0.3 is 0 Å².